The summed E-state index contributed by atoms with van der Waals surface area (Å²) < 4.78 is 0.873. The van der Waals surface area contributed by atoms with Crippen LogP contribution >= 0.6 is 27.3 Å². The molecule has 0 saturated carbocycles. The Kier molecular flexibility index (Phi) is 7.37. The van der Waals surface area contributed by atoms with Gasteiger partial charge < -0.3 is 16.0 Å². The van der Waals surface area contributed by atoms with E-state index in [4.69, 9.17) is 0 Å². The number of benzene rings is 2. The van der Waals surface area contributed by atoms with E-state index in [2.05, 4.69) is 31.9 Å². The molecular formula is C22H20BrN3O3S. The monoisotopic (exact) mass is 485 g/mol. The zero-order chi connectivity index (χ0) is 21.5. The fraction of sp³-hybridized carbons (Fsp3) is 0.136. The lowest BCUT2D eigenvalue weighted by atomic mass is 10.1. The third-order valence-electron chi connectivity index (χ3n) is 4.28. The summed E-state index contributed by atoms with van der Waals surface area (Å²) in [5.41, 5.74) is 2.43. The van der Waals surface area contributed by atoms with Crippen LogP contribution in [0.4, 0.5) is 11.4 Å². The van der Waals surface area contributed by atoms with Crippen molar-refractivity contribution < 1.29 is 14.4 Å². The van der Waals surface area contributed by atoms with Crippen LogP contribution in [0.25, 0.3) is 0 Å². The zero-order valence-electron chi connectivity index (χ0n) is 16.2. The van der Waals surface area contributed by atoms with E-state index in [0.717, 1.165) is 15.7 Å². The van der Waals surface area contributed by atoms with Crippen molar-refractivity contribution in [2.45, 2.75) is 13.3 Å². The second-order valence-electron chi connectivity index (χ2n) is 6.49. The lowest BCUT2D eigenvalue weighted by molar-refractivity contribution is -0.116. The van der Waals surface area contributed by atoms with E-state index < -0.39 is 0 Å². The number of hydrogen-bond acceptors (Lipinski definition) is 4. The lowest BCUT2D eigenvalue weighted by Crippen LogP contribution is -2.28. The molecule has 2 aromatic carbocycles. The summed E-state index contributed by atoms with van der Waals surface area (Å²) in [6, 6.07) is 15.9. The molecule has 0 aliphatic carbocycles. The Hall–Kier alpha value is -2.97. The fourth-order valence-corrected chi connectivity index (χ4v) is 3.69. The molecule has 0 radical (unpaired) electrons. The van der Waals surface area contributed by atoms with Gasteiger partial charge in [0.1, 0.15) is 0 Å². The molecule has 3 rings (SSSR count). The first-order valence-electron chi connectivity index (χ1n) is 9.22. The van der Waals surface area contributed by atoms with Crippen molar-refractivity contribution in [2.75, 3.05) is 17.2 Å². The number of anilines is 2. The quantitative estimate of drug-likeness (QED) is 0.447. The second-order valence-corrected chi connectivity index (χ2v) is 8.35. The van der Waals surface area contributed by atoms with Crippen LogP contribution in [0.5, 0.6) is 0 Å². The minimum atomic E-state index is -0.358. The fourth-order valence-electron chi connectivity index (χ4n) is 2.71. The van der Waals surface area contributed by atoms with Crippen LogP contribution in [0.15, 0.2) is 64.5 Å². The number of para-hydroxylation sites is 1. The van der Waals surface area contributed by atoms with Gasteiger partial charge in [0.25, 0.3) is 11.8 Å². The van der Waals surface area contributed by atoms with Gasteiger partial charge in [-0.1, -0.05) is 40.2 Å². The first-order valence-corrected chi connectivity index (χ1v) is 10.9. The Morgan fingerprint density at radius 1 is 0.933 bits per heavy atom. The third kappa shape index (κ3) is 5.77. The highest BCUT2D eigenvalue weighted by molar-refractivity contribution is 9.10. The SMILES string of the molecule is Cc1ccc(Br)cc1NC(=O)CCNC(=O)c1ccccc1NC(=O)c1cccs1. The van der Waals surface area contributed by atoms with Crippen LogP contribution in [0.1, 0.15) is 32.0 Å². The van der Waals surface area contributed by atoms with Crippen LogP contribution < -0.4 is 16.0 Å². The van der Waals surface area contributed by atoms with Crippen LogP contribution in [0, 0.1) is 6.92 Å². The number of thiophene rings is 1. The van der Waals surface area contributed by atoms with Gasteiger partial charge in [0.05, 0.1) is 16.1 Å². The molecular weight excluding hydrogens is 466 g/mol. The Morgan fingerprint density at radius 3 is 2.50 bits per heavy atom. The molecule has 8 heteroatoms. The van der Waals surface area contributed by atoms with Gasteiger partial charge in [-0.25, -0.2) is 0 Å². The van der Waals surface area contributed by atoms with E-state index in [-0.39, 0.29) is 30.7 Å². The van der Waals surface area contributed by atoms with Gasteiger partial charge in [-0.2, -0.15) is 0 Å². The van der Waals surface area contributed by atoms with Gasteiger partial charge in [-0.3, -0.25) is 14.4 Å². The van der Waals surface area contributed by atoms with Crippen molar-refractivity contribution >= 4 is 56.4 Å². The van der Waals surface area contributed by atoms with E-state index in [0.29, 0.717) is 16.1 Å². The highest BCUT2D eigenvalue weighted by Crippen LogP contribution is 2.21. The summed E-state index contributed by atoms with van der Waals surface area (Å²) in [7, 11) is 0. The number of aryl methyl sites for hydroxylation is 1. The smallest absolute Gasteiger partial charge is 0.265 e. The Morgan fingerprint density at radius 2 is 1.73 bits per heavy atom. The van der Waals surface area contributed by atoms with Gasteiger partial charge in [0.2, 0.25) is 5.91 Å². The lowest BCUT2D eigenvalue weighted by Gasteiger charge is -2.12. The average molecular weight is 486 g/mol. The number of carbonyl (C=O) groups excluding carboxylic acids is 3. The predicted molar refractivity (Wildman–Crippen MR) is 123 cm³/mol. The molecule has 0 unspecified atom stereocenters. The molecule has 3 N–H and O–H groups in total. The molecule has 0 saturated heterocycles. The van der Waals surface area contributed by atoms with Crippen LogP contribution in [-0.4, -0.2) is 24.3 Å². The summed E-state index contributed by atoms with van der Waals surface area (Å²) in [6.45, 7) is 2.08. The summed E-state index contributed by atoms with van der Waals surface area (Å²) in [6.07, 6.45) is 0.126. The molecule has 0 fully saturated rings. The van der Waals surface area contributed by atoms with E-state index in [1.54, 1.807) is 36.4 Å². The van der Waals surface area contributed by atoms with Crippen LogP contribution in [0.2, 0.25) is 0 Å². The van der Waals surface area contributed by atoms with Crippen molar-refractivity contribution in [3.8, 4) is 0 Å². The highest BCUT2D eigenvalue weighted by Gasteiger charge is 2.15. The number of amides is 3. The van der Waals surface area contributed by atoms with Gasteiger partial charge >= 0.3 is 0 Å². The van der Waals surface area contributed by atoms with Gasteiger partial charge in [0, 0.05) is 23.1 Å². The maximum absolute atomic E-state index is 12.6. The number of halogens is 1. The third-order valence-corrected chi connectivity index (χ3v) is 5.64. The van der Waals surface area contributed by atoms with Gasteiger partial charge in [-0.15, -0.1) is 11.3 Å². The Bertz CT molecular complexity index is 1070. The first-order chi connectivity index (χ1) is 14.4. The van der Waals surface area contributed by atoms with E-state index in [1.807, 2.05) is 30.5 Å². The van der Waals surface area contributed by atoms with Crippen molar-refractivity contribution in [1.29, 1.82) is 0 Å². The molecule has 0 aliphatic heterocycles. The zero-order valence-corrected chi connectivity index (χ0v) is 18.6. The maximum Gasteiger partial charge on any atom is 0.265 e. The molecule has 0 bridgehead atoms. The summed E-state index contributed by atoms with van der Waals surface area (Å²) in [5, 5.41) is 10.2. The van der Waals surface area contributed by atoms with Gasteiger partial charge in [-0.05, 0) is 48.2 Å². The number of hydrogen-bond donors (Lipinski definition) is 3. The molecule has 1 aromatic heterocycles. The normalized spacial score (nSPS) is 10.3. The second kappa shape index (κ2) is 10.2. The van der Waals surface area contributed by atoms with Crippen molar-refractivity contribution in [2.24, 2.45) is 0 Å². The van der Waals surface area contributed by atoms with Crippen LogP contribution in [-0.2, 0) is 4.79 Å². The number of nitrogens with one attached hydrogen (secondary N) is 3. The number of carbonyl (C=O) groups is 3. The molecule has 0 spiro atoms. The molecule has 0 atom stereocenters. The van der Waals surface area contributed by atoms with Crippen molar-refractivity contribution in [1.82, 2.24) is 5.32 Å². The Balaban J connectivity index is 1.55. The standard InChI is InChI=1S/C22H20BrN3O3S/c1-14-8-9-15(23)13-18(14)25-20(27)10-11-24-21(28)16-5-2-3-6-17(16)26-22(29)19-7-4-12-30-19/h2-9,12-13H,10-11H2,1H3,(H,24,28)(H,25,27)(H,26,29). The average Bonchev–Trinajstić information content (AvgIpc) is 3.26. The minimum Gasteiger partial charge on any atom is -0.351 e. The molecule has 3 aromatic rings. The molecule has 3 amide bonds. The summed E-state index contributed by atoms with van der Waals surface area (Å²) in [4.78, 5) is 37.6. The highest BCUT2D eigenvalue weighted by atomic mass is 79.9. The van der Waals surface area contributed by atoms with Crippen molar-refractivity contribution in [3.05, 3.63) is 80.5 Å². The Labute approximate surface area is 186 Å². The van der Waals surface area contributed by atoms with Crippen molar-refractivity contribution in [3.63, 3.8) is 0 Å². The molecule has 6 nitrogen and oxygen atoms in total. The predicted octanol–water partition coefficient (Wildman–Crippen LogP) is 4.83. The first kappa shape index (κ1) is 21.7. The molecule has 30 heavy (non-hydrogen) atoms. The minimum absolute atomic E-state index is 0.126. The van der Waals surface area contributed by atoms with E-state index in [1.165, 1.54) is 11.3 Å². The maximum atomic E-state index is 12.6. The molecule has 0 aliphatic rings. The summed E-state index contributed by atoms with van der Waals surface area (Å²) in [5.74, 6) is -0.826. The molecule has 1 heterocycles. The number of rotatable bonds is 7. The van der Waals surface area contributed by atoms with E-state index in [9.17, 15) is 14.4 Å². The topological polar surface area (TPSA) is 87.3 Å². The summed E-state index contributed by atoms with van der Waals surface area (Å²) >= 11 is 4.71. The van der Waals surface area contributed by atoms with Gasteiger partial charge in [0.15, 0.2) is 0 Å². The van der Waals surface area contributed by atoms with Crippen LogP contribution in [0.3, 0.4) is 0 Å². The molecule has 154 valence electrons. The van der Waals surface area contributed by atoms with E-state index >= 15 is 0 Å². The largest absolute Gasteiger partial charge is 0.351 e.